The smallest absolute Gasteiger partial charge is 0.395 e. The molecule has 0 spiro atoms. The lowest BCUT2D eigenvalue weighted by molar-refractivity contribution is -0.153. The number of hydrogen-bond donors (Lipinski definition) is 2. The molecule has 2 N–H and O–H groups in total. The van der Waals surface area contributed by atoms with Crippen molar-refractivity contribution in [2.24, 2.45) is 0 Å². The number of aliphatic hydroxyl groups is 1. The highest BCUT2D eigenvalue weighted by Crippen LogP contribution is 2.19. The minimum atomic E-state index is -4.49. The maximum absolute atomic E-state index is 11.9. The largest absolute Gasteiger partial charge is 0.397 e. The molecule has 1 aromatic heterocycles. The number of halogens is 3. The summed E-state index contributed by atoms with van der Waals surface area (Å²) >= 11 is 1.31. The van der Waals surface area contributed by atoms with Crippen LogP contribution < -0.4 is 5.32 Å². The summed E-state index contributed by atoms with van der Waals surface area (Å²) in [6.07, 6.45) is -5.59. The topological polar surface area (TPSA) is 49.3 Å². The molecule has 7 heteroatoms. The number of thiophene rings is 1. The van der Waals surface area contributed by atoms with Crippen LogP contribution in [0.5, 0.6) is 0 Å². The predicted octanol–water partition coefficient (Wildman–Crippen LogP) is 2.05. The molecular formula is C12H12F3NO2S. The van der Waals surface area contributed by atoms with E-state index in [-0.39, 0.29) is 13.2 Å². The van der Waals surface area contributed by atoms with Crippen LogP contribution in [0.2, 0.25) is 0 Å². The molecule has 0 saturated carbocycles. The number of nitrogens with one attached hydrogen (secondary N) is 1. The first kappa shape index (κ1) is 15.5. The molecule has 1 amide bonds. The molecule has 0 unspecified atom stereocenters. The van der Waals surface area contributed by atoms with E-state index >= 15 is 0 Å². The second-order valence-corrected chi connectivity index (χ2v) is 4.64. The normalized spacial score (nSPS) is 10.7. The van der Waals surface area contributed by atoms with Crippen LogP contribution in [-0.2, 0) is 11.3 Å². The summed E-state index contributed by atoms with van der Waals surface area (Å²) in [6, 6.07) is 1.70. The molecular weight excluding hydrogens is 279 g/mol. The zero-order chi connectivity index (χ0) is 14.3. The Morgan fingerprint density at radius 1 is 1.47 bits per heavy atom. The van der Waals surface area contributed by atoms with Gasteiger partial charge in [-0.05, 0) is 6.07 Å². The highest BCUT2D eigenvalue weighted by atomic mass is 32.1. The molecule has 1 rings (SSSR count). The second kappa shape index (κ2) is 7.16. The third-order valence-corrected chi connectivity index (χ3v) is 2.88. The van der Waals surface area contributed by atoms with Gasteiger partial charge in [-0.1, -0.05) is 11.8 Å². The van der Waals surface area contributed by atoms with Crippen LogP contribution >= 0.6 is 11.3 Å². The Labute approximate surface area is 112 Å². The summed E-state index contributed by atoms with van der Waals surface area (Å²) < 4.78 is 35.7. The van der Waals surface area contributed by atoms with E-state index in [9.17, 15) is 18.0 Å². The Balaban J connectivity index is 2.43. The quantitative estimate of drug-likeness (QED) is 0.834. The van der Waals surface area contributed by atoms with Crippen molar-refractivity contribution in [2.75, 3.05) is 6.61 Å². The third-order valence-electron chi connectivity index (χ3n) is 1.94. The Morgan fingerprint density at radius 3 is 2.84 bits per heavy atom. The van der Waals surface area contributed by atoms with Gasteiger partial charge >= 0.3 is 6.18 Å². The van der Waals surface area contributed by atoms with Gasteiger partial charge in [-0.15, -0.1) is 11.3 Å². The first-order valence-electron chi connectivity index (χ1n) is 5.41. The highest BCUT2D eigenvalue weighted by Gasteiger charge is 2.30. The fraction of sp³-hybridized carbons (Fsp3) is 0.417. The van der Waals surface area contributed by atoms with Crippen molar-refractivity contribution in [2.45, 2.75) is 25.6 Å². The van der Waals surface area contributed by atoms with E-state index in [4.69, 9.17) is 5.11 Å². The van der Waals surface area contributed by atoms with Gasteiger partial charge in [0.25, 0.3) is 0 Å². The maximum atomic E-state index is 11.9. The van der Waals surface area contributed by atoms with Crippen LogP contribution in [0.1, 0.15) is 23.3 Å². The Morgan fingerprint density at radius 2 is 2.21 bits per heavy atom. The summed E-state index contributed by atoms with van der Waals surface area (Å²) in [5.74, 6) is 4.48. The summed E-state index contributed by atoms with van der Waals surface area (Å²) in [4.78, 5) is 11.7. The zero-order valence-electron chi connectivity index (χ0n) is 9.88. The predicted molar refractivity (Wildman–Crippen MR) is 65.4 cm³/mol. The minimum absolute atomic E-state index is 0.0164. The van der Waals surface area contributed by atoms with E-state index in [0.717, 1.165) is 10.4 Å². The molecule has 0 atom stereocenters. The number of hydrogen-bond acceptors (Lipinski definition) is 3. The van der Waals surface area contributed by atoms with Crippen molar-refractivity contribution >= 4 is 17.2 Å². The molecule has 0 aliphatic heterocycles. The fourth-order valence-corrected chi connectivity index (χ4v) is 1.95. The molecule has 0 aliphatic rings. The third kappa shape index (κ3) is 6.84. The van der Waals surface area contributed by atoms with Crippen LogP contribution in [0.3, 0.4) is 0 Å². The Hall–Kier alpha value is -1.52. The van der Waals surface area contributed by atoms with Crippen LogP contribution in [0.15, 0.2) is 11.4 Å². The average Bonchev–Trinajstić information content (AvgIpc) is 2.72. The van der Waals surface area contributed by atoms with E-state index in [1.165, 1.54) is 11.3 Å². The second-order valence-electron chi connectivity index (χ2n) is 3.65. The zero-order valence-corrected chi connectivity index (χ0v) is 10.7. The fourth-order valence-electron chi connectivity index (χ4n) is 1.19. The summed E-state index contributed by atoms with van der Waals surface area (Å²) in [6.45, 7) is 0.0404. The molecule has 104 valence electrons. The van der Waals surface area contributed by atoms with Crippen LogP contribution in [0.25, 0.3) is 0 Å². The molecule has 1 aromatic rings. The van der Waals surface area contributed by atoms with Gasteiger partial charge in [0.2, 0.25) is 5.91 Å². The van der Waals surface area contributed by atoms with Gasteiger partial charge in [-0.2, -0.15) is 13.2 Å². The van der Waals surface area contributed by atoms with E-state index in [2.05, 4.69) is 17.2 Å². The van der Waals surface area contributed by atoms with E-state index < -0.39 is 18.5 Å². The lowest BCUT2D eigenvalue weighted by Crippen LogP contribution is -2.27. The van der Waals surface area contributed by atoms with Crippen molar-refractivity contribution in [3.8, 4) is 11.8 Å². The molecule has 0 aliphatic carbocycles. The molecule has 0 radical (unpaired) electrons. The molecule has 1 heterocycles. The van der Waals surface area contributed by atoms with Crippen molar-refractivity contribution in [3.63, 3.8) is 0 Å². The van der Waals surface area contributed by atoms with Crippen molar-refractivity contribution in [1.82, 2.24) is 5.32 Å². The van der Waals surface area contributed by atoms with Crippen molar-refractivity contribution < 1.29 is 23.1 Å². The molecule has 0 aromatic carbocycles. The monoisotopic (exact) mass is 291 g/mol. The van der Waals surface area contributed by atoms with Gasteiger partial charge in [0.15, 0.2) is 0 Å². The number of carbonyl (C=O) groups is 1. The molecule has 0 bridgehead atoms. The van der Waals surface area contributed by atoms with Crippen LogP contribution in [0.4, 0.5) is 13.2 Å². The molecule has 0 fully saturated rings. The van der Waals surface area contributed by atoms with E-state index in [1.54, 1.807) is 11.4 Å². The van der Waals surface area contributed by atoms with Crippen molar-refractivity contribution in [1.29, 1.82) is 0 Å². The summed E-state index contributed by atoms with van der Waals surface area (Å²) in [5.41, 5.74) is 0.721. The number of carbonyl (C=O) groups excluding carboxylic acids is 1. The van der Waals surface area contributed by atoms with Gasteiger partial charge in [0.05, 0.1) is 13.2 Å². The van der Waals surface area contributed by atoms with Gasteiger partial charge in [-0.25, -0.2) is 0 Å². The first-order valence-corrected chi connectivity index (χ1v) is 6.29. The standard InChI is InChI=1S/C12H12F3NO2S/c13-12(14,15)6-11(18)16-7-10-5-9(8-19-10)3-1-2-4-17/h5,8,17H,2,4,6-7H2,(H,16,18). The molecule has 19 heavy (non-hydrogen) atoms. The van der Waals surface area contributed by atoms with Gasteiger partial charge < -0.3 is 10.4 Å². The summed E-state index contributed by atoms with van der Waals surface area (Å²) in [5, 5.41) is 12.5. The number of amides is 1. The number of rotatable bonds is 4. The molecule has 0 saturated heterocycles. The van der Waals surface area contributed by atoms with E-state index in [1.807, 2.05) is 0 Å². The maximum Gasteiger partial charge on any atom is 0.397 e. The van der Waals surface area contributed by atoms with Gasteiger partial charge in [0, 0.05) is 22.2 Å². The van der Waals surface area contributed by atoms with Gasteiger partial charge in [-0.3, -0.25) is 4.79 Å². The van der Waals surface area contributed by atoms with Crippen LogP contribution in [-0.4, -0.2) is 23.8 Å². The first-order chi connectivity index (χ1) is 8.90. The number of aliphatic hydroxyl groups excluding tert-OH is 1. The summed E-state index contributed by atoms with van der Waals surface area (Å²) in [7, 11) is 0. The minimum Gasteiger partial charge on any atom is -0.395 e. The lowest BCUT2D eigenvalue weighted by Gasteiger charge is -2.06. The Bertz CT molecular complexity index is 485. The molecule has 3 nitrogen and oxygen atoms in total. The SMILES string of the molecule is O=C(CC(F)(F)F)NCc1cc(C#CCCO)cs1. The highest BCUT2D eigenvalue weighted by molar-refractivity contribution is 7.10. The Kier molecular flexibility index (Phi) is 5.86. The average molecular weight is 291 g/mol. The van der Waals surface area contributed by atoms with Crippen molar-refractivity contribution in [3.05, 3.63) is 21.9 Å². The van der Waals surface area contributed by atoms with E-state index in [0.29, 0.717) is 6.42 Å². The lowest BCUT2D eigenvalue weighted by atomic mass is 10.3. The van der Waals surface area contributed by atoms with Gasteiger partial charge in [0.1, 0.15) is 6.42 Å². The number of alkyl halides is 3. The van der Waals surface area contributed by atoms with Crippen LogP contribution in [0, 0.1) is 11.8 Å².